The van der Waals surface area contributed by atoms with Gasteiger partial charge in [-0.15, -0.1) is 0 Å². The van der Waals surface area contributed by atoms with Gasteiger partial charge in [-0.2, -0.15) is 0 Å². The summed E-state index contributed by atoms with van der Waals surface area (Å²) in [4.78, 5) is 23.4. The van der Waals surface area contributed by atoms with E-state index in [0.717, 1.165) is 0 Å². The van der Waals surface area contributed by atoms with Crippen LogP contribution in [0.3, 0.4) is 0 Å². The SMILES string of the molecule is CC(C)(C)OC(=O)[C@H](OC(=O)CN)c1ccc(O)cc1. The predicted molar refractivity (Wildman–Crippen MR) is 71.8 cm³/mol. The van der Waals surface area contributed by atoms with Crippen molar-refractivity contribution in [2.24, 2.45) is 5.73 Å². The summed E-state index contributed by atoms with van der Waals surface area (Å²) in [5.74, 6) is -1.36. The van der Waals surface area contributed by atoms with Gasteiger partial charge in [-0.1, -0.05) is 12.1 Å². The average molecular weight is 281 g/mol. The zero-order chi connectivity index (χ0) is 15.3. The summed E-state index contributed by atoms with van der Waals surface area (Å²) in [5.41, 5.74) is 4.88. The third kappa shape index (κ3) is 4.89. The molecule has 0 spiro atoms. The molecule has 20 heavy (non-hydrogen) atoms. The molecule has 0 aromatic heterocycles. The zero-order valence-corrected chi connectivity index (χ0v) is 11.8. The Morgan fingerprint density at radius 3 is 2.25 bits per heavy atom. The molecule has 110 valence electrons. The Bertz CT molecular complexity index is 475. The minimum Gasteiger partial charge on any atom is -0.508 e. The molecule has 1 aromatic carbocycles. The fraction of sp³-hybridized carbons (Fsp3) is 0.429. The molecule has 0 saturated heterocycles. The Morgan fingerprint density at radius 1 is 1.25 bits per heavy atom. The van der Waals surface area contributed by atoms with Gasteiger partial charge in [-0.3, -0.25) is 4.79 Å². The first-order valence-corrected chi connectivity index (χ1v) is 6.14. The Hall–Kier alpha value is -2.08. The second-order valence-corrected chi connectivity index (χ2v) is 5.20. The van der Waals surface area contributed by atoms with Crippen molar-refractivity contribution in [3.63, 3.8) is 0 Å². The van der Waals surface area contributed by atoms with Crippen LogP contribution in [0.1, 0.15) is 32.4 Å². The summed E-state index contributed by atoms with van der Waals surface area (Å²) in [6.07, 6.45) is -1.20. The molecular weight excluding hydrogens is 262 g/mol. The molecule has 0 aliphatic carbocycles. The van der Waals surface area contributed by atoms with E-state index in [1.807, 2.05) is 0 Å². The first-order valence-electron chi connectivity index (χ1n) is 6.14. The molecule has 0 fully saturated rings. The second kappa shape index (κ2) is 6.38. The summed E-state index contributed by atoms with van der Waals surface area (Å²) >= 11 is 0. The fourth-order valence-corrected chi connectivity index (χ4v) is 1.44. The molecule has 0 amide bonds. The van der Waals surface area contributed by atoms with Gasteiger partial charge in [0.1, 0.15) is 11.4 Å². The molecule has 0 radical (unpaired) electrons. The van der Waals surface area contributed by atoms with Crippen LogP contribution >= 0.6 is 0 Å². The maximum absolute atomic E-state index is 12.1. The summed E-state index contributed by atoms with van der Waals surface area (Å²) < 4.78 is 10.2. The largest absolute Gasteiger partial charge is 0.508 e. The normalized spacial score (nSPS) is 12.6. The van der Waals surface area contributed by atoms with Crippen LogP contribution in [0.4, 0.5) is 0 Å². The number of nitrogens with two attached hydrogens (primary N) is 1. The third-order valence-electron chi connectivity index (χ3n) is 2.23. The minimum absolute atomic E-state index is 0.0434. The topological polar surface area (TPSA) is 98.9 Å². The Labute approximate surface area is 117 Å². The lowest BCUT2D eigenvalue weighted by Gasteiger charge is -2.24. The Balaban J connectivity index is 2.98. The van der Waals surface area contributed by atoms with E-state index in [2.05, 4.69) is 0 Å². The highest BCUT2D eigenvalue weighted by molar-refractivity contribution is 5.81. The van der Waals surface area contributed by atoms with Crippen molar-refractivity contribution in [2.45, 2.75) is 32.5 Å². The van der Waals surface area contributed by atoms with Crippen LogP contribution in [0.25, 0.3) is 0 Å². The van der Waals surface area contributed by atoms with Gasteiger partial charge < -0.3 is 20.3 Å². The number of phenolic OH excluding ortho intramolecular Hbond substituents is 1. The van der Waals surface area contributed by atoms with Crippen molar-refractivity contribution >= 4 is 11.9 Å². The molecular formula is C14H19NO5. The molecule has 0 saturated carbocycles. The van der Waals surface area contributed by atoms with Crippen molar-refractivity contribution in [1.29, 1.82) is 0 Å². The van der Waals surface area contributed by atoms with Crippen molar-refractivity contribution < 1.29 is 24.2 Å². The zero-order valence-electron chi connectivity index (χ0n) is 11.8. The first-order chi connectivity index (χ1) is 9.23. The van der Waals surface area contributed by atoms with Crippen LogP contribution < -0.4 is 5.73 Å². The van der Waals surface area contributed by atoms with Gasteiger partial charge in [0.25, 0.3) is 0 Å². The van der Waals surface area contributed by atoms with E-state index in [0.29, 0.717) is 5.56 Å². The molecule has 0 unspecified atom stereocenters. The van der Waals surface area contributed by atoms with Gasteiger partial charge in [0.2, 0.25) is 6.10 Å². The van der Waals surface area contributed by atoms with Gasteiger partial charge in [0.15, 0.2) is 0 Å². The van der Waals surface area contributed by atoms with Crippen LogP contribution in [0, 0.1) is 0 Å². The number of hydrogen-bond acceptors (Lipinski definition) is 6. The average Bonchev–Trinajstić information content (AvgIpc) is 2.34. The van der Waals surface area contributed by atoms with E-state index in [9.17, 15) is 14.7 Å². The molecule has 1 rings (SSSR count). The van der Waals surface area contributed by atoms with E-state index < -0.39 is 23.6 Å². The maximum atomic E-state index is 12.1. The van der Waals surface area contributed by atoms with Gasteiger partial charge in [-0.05, 0) is 32.9 Å². The van der Waals surface area contributed by atoms with Crippen molar-refractivity contribution in [2.75, 3.05) is 6.54 Å². The Morgan fingerprint density at radius 2 is 1.80 bits per heavy atom. The first kappa shape index (κ1) is 16.0. The van der Waals surface area contributed by atoms with Gasteiger partial charge in [0.05, 0.1) is 6.54 Å². The molecule has 0 aliphatic heterocycles. The summed E-state index contributed by atoms with van der Waals surface area (Å²) in [7, 11) is 0. The number of carbonyl (C=O) groups is 2. The molecule has 1 aromatic rings. The number of phenols is 1. The number of ether oxygens (including phenoxy) is 2. The lowest BCUT2D eigenvalue weighted by atomic mass is 10.1. The number of hydrogen-bond donors (Lipinski definition) is 2. The maximum Gasteiger partial charge on any atom is 0.352 e. The highest BCUT2D eigenvalue weighted by Gasteiger charge is 2.29. The van der Waals surface area contributed by atoms with Crippen LogP contribution in [-0.4, -0.2) is 29.2 Å². The van der Waals surface area contributed by atoms with Crippen molar-refractivity contribution in [3.8, 4) is 5.75 Å². The molecule has 3 N–H and O–H groups in total. The van der Waals surface area contributed by atoms with Crippen LogP contribution in [0.2, 0.25) is 0 Å². The second-order valence-electron chi connectivity index (χ2n) is 5.20. The third-order valence-corrected chi connectivity index (χ3v) is 2.23. The van der Waals surface area contributed by atoms with Gasteiger partial charge in [-0.25, -0.2) is 4.79 Å². The standard InChI is InChI=1S/C14H19NO5/c1-14(2,3)20-13(18)12(19-11(17)8-15)9-4-6-10(16)7-5-9/h4-7,12,16H,8,15H2,1-3H3/t12-/m1/s1. The van der Waals surface area contributed by atoms with Gasteiger partial charge in [0, 0.05) is 5.56 Å². The van der Waals surface area contributed by atoms with Gasteiger partial charge >= 0.3 is 11.9 Å². The lowest BCUT2D eigenvalue weighted by molar-refractivity contribution is -0.175. The molecule has 1 atom stereocenters. The fourth-order valence-electron chi connectivity index (χ4n) is 1.44. The van der Waals surface area contributed by atoms with Crippen LogP contribution in [-0.2, 0) is 19.1 Å². The molecule has 6 heteroatoms. The predicted octanol–water partition coefficient (Wildman–Crippen LogP) is 1.28. The van der Waals surface area contributed by atoms with E-state index in [1.54, 1.807) is 20.8 Å². The molecule has 0 heterocycles. The van der Waals surface area contributed by atoms with Crippen LogP contribution in [0.15, 0.2) is 24.3 Å². The van der Waals surface area contributed by atoms with E-state index >= 15 is 0 Å². The molecule has 6 nitrogen and oxygen atoms in total. The number of esters is 2. The molecule has 0 bridgehead atoms. The number of benzene rings is 1. The highest BCUT2D eigenvalue weighted by atomic mass is 16.6. The molecule has 0 aliphatic rings. The number of carbonyl (C=O) groups excluding carboxylic acids is 2. The Kier molecular flexibility index (Phi) is 5.10. The summed E-state index contributed by atoms with van der Waals surface area (Å²) in [6, 6.07) is 5.74. The van der Waals surface area contributed by atoms with Crippen molar-refractivity contribution in [1.82, 2.24) is 0 Å². The lowest BCUT2D eigenvalue weighted by Crippen LogP contribution is -2.31. The van der Waals surface area contributed by atoms with E-state index in [1.165, 1.54) is 24.3 Å². The van der Waals surface area contributed by atoms with Crippen LogP contribution in [0.5, 0.6) is 5.75 Å². The minimum atomic E-state index is -1.20. The van der Waals surface area contributed by atoms with E-state index in [4.69, 9.17) is 15.2 Å². The monoisotopic (exact) mass is 281 g/mol. The number of aromatic hydroxyl groups is 1. The van der Waals surface area contributed by atoms with E-state index in [-0.39, 0.29) is 12.3 Å². The highest BCUT2D eigenvalue weighted by Crippen LogP contribution is 2.24. The quantitative estimate of drug-likeness (QED) is 0.806. The smallest absolute Gasteiger partial charge is 0.352 e. The van der Waals surface area contributed by atoms with Crippen molar-refractivity contribution in [3.05, 3.63) is 29.8 Å². The number of rotatable bonds is 4. The summed E-state index contributed by atoms with van der Waals surface area (Å²) in [5, 5.41) is 9.25. The summed E-state index contributed by atoms with van der Waals surface area (Å²) in [6.45, 7) is 4.80.